The maximum absolute atomic E-state index is 13.6. The van der Waals surface area contributed by atoms with Crippen LogP contribution in [0.25, 0.3) is 0 Å². The van der Waals surface area contributed by atoms with Crippen LogP contribution in [0.3, 0.4) is 0 Å². The van der Waals surface area contributed by atoms with E-state index in [0.717, 1.165) is 0 Å². The number of carbonyl (C=O) groups is 2. The van der Waals surface area contributed by atoms with E-state index in [4.69, 9.17) is 0 Å². The van der Waals surface area contributed by atoms with Crippen LogP contribution in [0.1, 0.15) is 68.6 Å². The minimum Gasteiger partial charge on any atom is -0.464 e. The first-order chi connectivity index (χ1) is 15.7. The molecule has 0 bridgehead atoms. The number of aryl methyl sites for hydroxylation is 1. The number of aromatic nitrogens is 3. The number of ketones is 1. The Hall–Kier alpha value is -4.32. The first kappa shape index (κ1) is 23.3. The Kier molecular flexibility index (Phi) is 6.68. The topological polar surface area (TPSA) is 135 Å². The molecule has 0 spiro atoms. The molecule has 1 aromatic carbocycles. The molecule has 0 aliphatic heterocycles. The predicted octanol–water partition coefficient (Wildman–Crippen LogP) is 2.30. The van der Waals surface area contributed by atoms with Crippen molar-refractivity contribution in [2.45, 2.75) is 33.2 Å². The number of esters is 1. The summed E-state index contributed by atoms with van der Waals surface area (Å²) in [5, 5.41) is 9.30. The van der Waals surface area contributed by atoms with E-state index < -0.39 is 23.0 Å². The molecule has 0 saturated heterocycles. The van der Waals surface area contributed by atoms with Crippen molar-refractivity contribution in [2.75, 3.05) is 7.11 Å². The molecule has 0 atom stereocenters. The minimum atomic E-state index is -0.766. The van der Waals surface area contributed by atoms with Crippen LogP contribution in [0.4, 0.5) is 0 Å². The largest absolute Gasteiger partial charge is 0.464 e. The number of methoxy groups -OCH3 is 1. The summed E-state index contributed by atoms with van der Waals surface area (Å²) < 4.78 is 5.86. The van der Waals surface area contributed by atoms with Crippen LogP contribution in [0.5, 0.6) is 0 Å². The van der Waals surface area contributed by atoms with Gasteiger partial charge < -0.3 is 4.74 Å². The average Bonchev–Trinajstić information content (AvgIpc) is 2.78. The number of pyridine rings is 1. The third-order valence-electron chi connectivity index (χ3n) is 5.06. The summed E-state index contributed by atoms with van der Waals surface area (Å²) >= 11 is 0. The van der Waals surface area contributed by atoms with E-state index in [2.05, 4.69) is 14.7 Å². The first-order valence-corrected chi connectivity index (χ1v) is 10.1. The van der Waals surface area contributed by atoms with Gasteiger partial charge in [0.25, 0.3) is 5.56 Å². The lowest BCUT2D eigenvalue weighted by Crippen LogP contribution is -2.38. The molecular weight excluding hydrogens is 424 g/mol. The van der Waals surface area contributed by atoms with Crippen LogP contribution >= 0.6 is 0 Å². The highest BCUT2D eigenvalue weighted by atomic mass is 16.5. The summed E-state index contributed by atoms with van der Waals surface area (Å²) in [6.07, 6.45) is 1.39. The molecule has 9 nitrogen and oxygen atoms in total. The van der Waals surface area contributed by atoms with E-state index in [-0.39, 0.29) is 35.0 Å². The molecule has 3 aromatic rings. The molecule has 0 aliphatic rings. The number of H-pyrrole nitrogens is 1. The van der Waals surface area contributed by atoms with Gasteiger partial charge in [0, 0.05) is 17.3 Å². The van der Waals surface area contributed by atoms with Crippen LogP contribution in [0.15, 0.2) is 46.1 Å². The number of nitriles is 1. The Morgan fingerprint density at radius 3 is 2.58 bits per heavy atom. The summed E-state index contributed by atoms with van der Waals surface area (Å²) in [7, 11) is 1.23. The second-order valence-corrected chi connectivity index (χ2v) is 7.83. The number of benzene rings is 1. The molecular formula is C24H22N4O5. The zero-order valence-corrected chi connectivity index (χ0v) is 18.6. The third kappa shape index (κ3) is 4.80. The lowest BCUT2D eigenvalue weighted by atomic mass is 9.95. The van der Waals surface area contributed by atoms with Gasteiger partial charge in [0.1, 0.15) is 11.4 Å². The van der Waals surface area contributed by atoms with Crippen molar-refractivity contribution in [3.05, 3.63) is 96.6 Å². The molecule has 0 saturated carbocycles. The van der Waals surface area contributed by atoms with Crippen molar-refractivity contribution in [2.24, 2.45) is 0 Å². The number of nitrogens with zero attached hydrogens (tertiary/aromatic N) is 3. The zero-order chi connectivity index (χ0) is 24.3. The zero-order valence-electron chi connectivity index (χ0n) is 18.6. The Balaban J connectivity index is 2.25. The van der Waals surface area contributed by atoms with Crippen LogP contribution < -0.4 is 11.2 Å². The fourth-order valence-electron chi connectivity index (χ4n) is 3.60. The van der Waals surface area contributed by atoms with E-state index >= 15 is 0 Å². The molecule has 3 rings (SSSR count). The van der Waals surface area contributed by atoms with E-state index in [9.17, 15) is 24.4 Å². The summed E-state index contributed by atoms with van der Waals surface area (Å²) in [6.45, 7) is 5.14. The van der Waals surface area contributed by atoms with Crippen molar-refractivity contribution >= 4 is 11.8 Å². The van der Waals surface area contributed by atoms with Gasteiger partial charge in [-0.05, 0) is 54.3 Å². The fraction of sp³-hybridized carbons (Fsp3) is 0.250. The van der Waals surface area contributed by atoms with Gasteiger partial charge in [0.05, 0.1) is 25.3 Å². The Morgan fingerprint density at radius 1 is 1.21 bits per heavy atom. The van der Waals surface area contributed by atoms with Gasteiger partial charge in [0.2, 0.25) is 5.78 Å². The normalized spacial score (nSPS) is 10.7. The van der Waals surface area contributed by atoms with Crippen LogP contribution in [-0.2, 0) is 11.3 Å². The molecule has 1 N–H and O–H groups in total. The molecule has 33 heavy (non-hydrogen) atoms. The van der Waals surface area contributed by atoms with Crippen molar-refractivity contribution in [1.82, 2.24) is 14.5 Å². The number of nitrogens with one attached hydrogen (secondary N) is 1. The van der Waals surface area contributed by atoms with E-state index in [1.165, 1.54) is 30.0 Å². The second-order valence-electron chi connectivity index (χ2n) is 7.83. The number of hydrogen-bond acceptors (Lipinski definition) is 7. The second kappa shape index (κ2) is 9.44. The van der Waals surface area contributed by atoms with Gasteiger partial charge >= 0.3 is 11.7 Å². The summed E-state index contributed by atoms with van der Waals surface area (Å²) in [4.78, 5) is 57.2. The number of rotatable bonds is 6. The smallest absolute Gasteiger partial charge is 0.356 e. The average molecular weight is 446 g/mol. The van der Waals surface area contributed by atoms with Crippen LogP contribution in [0, 0.1) is 18.3 Å². The maximum atomic E-state index is 13.6. The van der Waals surface area contributed by atoms with Crippen LogP contribution in [0.2, 0.25) is 0 Å². The highest BCUT2D eigenvalue weighted by Crippen LogP contribution is 2.20. The Bertz CT molecular complexity index is 1410. The molecule has 0 unspecified atom stereocenters. The van der Waals surface area contributed by atoms with Gasteiger partial charge in [-0.15, -0.1) is 0 Å². The standard InChI is InChI=1S/C24H22N4O5/c1-13(2)19-20(21(29)17-8-14(3)7-16(9-17)11-25)28(24(32)27-22(19)30)12-15-5-6-26-18(10-15)23(31)33-4/h5-10,13H,12H2,1-4H3,(H,27,30,32). The minimum absolute atomic E-state index is 0.0433. The molecule has 0 amide bonds. The van der Waals surface area contributed by atoms with Gasteiger partial charge in [-0.25, -0.2) is 14.6 Å². The van der Waals surface area contributed by atoms with Gasteiger partial charge in [0.15, 0.2) is 0 Å². The first-order valence-electron chi connectivity index (χ1n) is 10.1. The quantitative estimate of drug-likeness (QED) is 0.453. The van der Waals surface area contributed by atoms with Crippen molar-refractivity contribution < 1.29 is 14.3 Å². The SMILES string of the molecule is COC(=O)c1cc(Cn2c(C(=O)c3cc(C)cc(C#N)c3)c(C(C)C)c(=O)[nH]c2=O)ccn1. The van der Waals surface area contributed by atoms with Crippen molar-refractivity contribution in [3.63, 3.8) is 0 Å². The van der Waals surface area contributed by atoms with Gasteiger partial charge in [-0.2, -0.15) is 5.26 Å². The highest BCUT2D eigenvalue weighted by molar-refractivity contribution is 6.09. The molecule has 9 heteroatoms. The number of aromatic amines is 1. The highest BCUT2D eigenvalue weighted by Gasteiger charge is 2.25. The number of carbonyl (C=O) groups excluding carboxylic acids is 2. The summed E-state index contributed by atoms with van der Waals surface area (Å²) in [6, 6.07) is 9.72. The molecule has 2 aromatic heterocycles. The van der Waals surface area contributed by atoms with Crippen LogP contribution in [-0.4, -0.2) is 33.4 Å². The van der Waals surface area contributed by atoms with E-state index in [1.807, 2.05) is 6.07 Å². The Labute approximate surface area is 189 Å². The molecule has 0 aliphatic carbocycles. The third-order valence-corrected chi connectivity index (χ3v) is 5.06. The summed E-state index contributed by atoms with van der Waals surface area (Å²) in [5.74, 6) is -1.57. The van der Waals surface area contributed by atoms with E-state index in [1.54, 1.807) is 39.0 Å². The monoisotopic (exact) mass is 446 g/mol. The molecule has 0 fully saturated rings. The Morgan fingerprint density at radius 2 is 1.94 bits per heavy atom. The molecule has 2 heterocycles. The molecule has 0 radical (unpaired) electrons. The van der Waals surface area contributed by atoms with Crippen molar-refractivity contribution in [3.8, 4) is 6.07 Å². The fourth-order valence-corrected chi connectivity index (χ4v) is 3.60. The van der Waals surface area contributed by atoms with E-state index in [0.29, 0.717) is 16.7 Å². The predicted molar refractivity (Wildman–Crippen MR) is 119 cm³/mol. The molecule has 168 valence electrons. The summed E-state index contributed by atoms with van der Waals surface area (Å²) in [5.41, 5.74) is 0.403. The number of hydrogen-bond donors (Lipinski definition) is 1. The lowest BCUT2D eigenvalue weighted by molar-refractivity contribution is 0.0593. The van der Waals surface area contributed by atoms with Gasteiger partial charge in [-0.1, -0.05) is 13.8 Å². The van der Waals surface area contributed by atoms with Gasteiger partial charge in [-0.3, -0.25) is 19.1 Å². The lowest BCUT2D eigenvalue weighted by Gasteiger charge is -2.18. The maximum Gasteiger partial charge on any atom is 0.356 e. The van der Waals surface area contributed by atoms with Crippen molar-refractivity contribution in [1.29, 1.82) is 5.26 Å². The number of ether oxygens (including phenoxy) is 1.